The maximum atomic E-state index is 3.58. The molecule has 0 heterocycles. The number of hydrogen-bond acceptors (Lipinski definition) is 2. The number of thioether (sulfide) groups is 1. The molecule has 0 saturated carbocycles. The van der Waals surface area contributed by atoms with E-state index in [4.69, 9.17) is 0 Å². The van der Waals surface area contributed by atoms with E-state index in [0.29, 0.717) is 6.04 Å². The number of allylic oxidation sites excluding steroid dienone is 1. The molecule has 0 bridgehead atoms. The van der Waals surface area contributed by atoms with Gasteiger partial charge in [-0.25, -0.2) is 0 Å². The lowest BCUT2D eigenvalue weighted by Crippen LogP contribution is -2.27. The van der Waals surface area contributed by atoms with Gasteiger partial charge < -0.3 is 5.32 Å². The highest BCUT2D eigenvalue weighted by Crippen LogP contribution is 2.15. The van der Waals surface area contributed by atoms with E-state index in [9.17, 15) is 0 Å². The van der Waals surface area contributed by atoms with Gasteiger partial charge in [-0.3, -0.25) is 0 Å². The largest absolute Gasteiger partial charge is 0.306 e. The monoisotopic (exact) mass is 233 g/mol. The third-order valence-corrected chi connectivity index (χ3v) is 3.73. The molecule has 16 heavy (non-hydrogen) atoms. The van der Waals surface area contributed by atoms with Crippen LogP contribution in [-0.2, 0) is 6.54 Å². The minimum absolute atomic E-state index is 0.578. The summed E-state index contributed by atoms with van der Waals surface area (Å²) >= 11 is 1.79. The summed E-state index contributed by atoms with van der Waals surface area (Å²) in [6, 6.07) is 9.39. The van der Waals surface area contributed by atoms with E-state index in [1.165, 1.54) is 29.7 Å². The standard InChI is InChI=1S/C14H19NS/c1-16-14-9-7-12(8-10-14)11-15-13-5-3-2-4-6-13/h3,5,7-10,13,15H,2,4,6,11H2,1H3. The number of nitrogens with one attached hydrogen (secondary N) is 1. The maximum Gasteiger partial charge on any atom is 0.0253 e. The lowest BCUT2D eigenvalue weighted by atomic mass is 10.0. The molecule has 0 amide bonds. The average Bonchev–Trinajstić information content (AvgIpc) is 2.38. The molecule has 1 atom stereocenters. The van der Waals surface area contributed by atoms with Crippen LogP contribution in [0.5, 0.6) is 0 Å². The van der Waals surface area contributed by atoms with Gasteiger partial charge in [-0.1, -0.05) is 24.3 Å². The van der Waals surface area contributed by atoms with Gasteiger partial charge in [-0.15, -0.1) is 11.8 Å². The molecular formula is C14H19NS. The summed E-state index contributed by atoms with van der Waals surface area (Å²) in [5.41, 5.74) is 1.37. The lowest BCUT2D eigenvalue weighted by molar-refractivity contribution is 0.522. The van der Waals surface area contributed by atoms with Gasteiger partial charge in [0.25, 0.3) is 0 Å². The van der Waals surface area contributed by atoms with Crippen molar-refractivity contribution in [2.24, 2.45) is 0 Å². The Morgan fingerprint density at radius 2 is 2.12 bits per heavy atom. The zero-order valence-electron chi connectivity index (χ0n) is 9.78. The van der Waals surface area contributed by atoms with Crippen LogP contribution < -0.4 is 5.32 Å². The second kappa shape index (κ2) is 6.12. The van der Waals surface area contributed by atoms with E-state index in [-0.39, 0.29) is 0 Å². The highest BCUT2D eigenvalue weighted by Gasteiger charge is 2.06. The van der Waals surface area contributed by atoms with Gasteiger partial charge in [0.2, 0.25) is 0 Å². The maximum absolute atomic E-state index is 3.58. The molecule has 2 heteroatoms. The number of rotatable bonds is 4. The Morgan fingerprint density at radius 3 is 2.75 bits per heavy atom. The van der Waals surface area contributed by atoms with Crippen molar-refractivity contribution in [3.05, 3.63) is 42.0 Å². The van der Waals surface area contributed by atoms with Crippen LogP contribution in [0.3, 0.4) is 0 Å². The summed E-state index contributed by atoms with van der Waals surface area (Å²) in [5.74, 6) is 0. The Hall–Kier alpha value is -0.730. The van der Waals surface area contributed by atoms with Crippen molar-refractivity contribution in [2.75, 3.05) is 6.26 Å². The molecular weight excluding hydrogens is 214 g/mol. The van der Waals surface area contributed by atoms with Crippen LogP contribution in [0, 0.1) is 0 Å². The Bertz CT molecular complexity index is 342. The molecule has 1 aromatic carbocycles. The molecule has 1 unspecified atom stereocenters. The van der Waals surface area contributed by atoms with Gasteiger partial charge in [0.15, 0.2) is 0 Å². The molecule has 86 valence electrons. The molecule has 1 aliphatic rings. The van der Waals surface area contributed by atoms with Gasteiger partial charge >= 0.3 is 0 Å². The van der Waals surface area contributed by atoms with Crippen molar-refractivity contribution in [3.63, 3.8) is 0 Å². The van der Waals surface area contributed by atoms with E-state index in [1.807, 2.05) is 0 Å². The van der Waals surface area contributed by atoms with E-state index >= 15 is 0 Å². The SMILES string of the molecule is CSc1ccc(CNC2C=CCCC2)cc1. The van der Waals surface area contributed by atoms with Gasteiger partial charge in [0.1, 0.15) is 0 Å². The summed E-state index contributed by atoms with van der Waals surface area (Å²) < 4.78 is 0. The van der Waals surface area contributed by atoms with Crippen molar-refractivity contribution in [2.45, 2.75) is 36.7 Å². The van der Waals surface area contributed by atoms with Gasteiger partial charge in [-0.2, -0.15) is 0 Å². The van der Waals surface area contributed by atoms with Crippen LogP contribution in [0.25, 0.3) is 0 Å². The summed E-state index contributed by atoms with van der Waals surface area (Å²) in [5, 5.41) is 3.58. The molecule has 1 aromatic rings. The molecule has 1 aliphatic carbocycles. The summed E-state index contributed by atoms with van der Waals surface area (Å²) in [7, 11) is 0. The van der Waals surface area contributed by atoms with Crippen molar-refractivity contribution in [3.8, 4) is 0 Å². The van der Waals surface area contributed by atoms with E-state index in [1.54, 1.807) is 11.8 Å². The molecule has 2 rings (SSSR count). The number of hydrogen-bond donors (Lipinski definition) is 1. The molecule has 0 spiro atoms. The minimum atomic E-state index is 0.578. The highest BCUT2D eigenvalue weighted by molar-refractivity contribution is 7.98. The average molecular weight is 233 g/mol. The second-order valence-electron chi connectivity index (χ2n) is 4.19. The zero-order chi connectivity index (χ0) is 11.2. The van der Waals surface area contributed by atoms with Crippen LogP contribution in [0.1, 0.15) is 24.8 Å². The molecule has 0 aliphatic heterocycles. The van der Waals surface area contributed by atoms with Crippen molar-refractivity contribution >= 4 is 11.8 Å². The fourth-order valence-electron chi connectivity index (χ4n) is 1.97. The topological polar surface area (TPSA) is 12.0 Å². The first kappa shape index (κ1) is 11.7. The van der Waals surface area contributed by atoms with E-state index in [2.05, 4.69) is 48.0 Å². The third kappa shape index (κ3) is 3.39. The Kier molecular flexibility index (Phi) is 4.49. The van der Waals surface area contributed by atoms with Gasteiger partial charge in [0, 0.05) is 17.5 Å². The van der Waals surface area contributed by atoms with E-state index < -0.39 is 0 Å². The van der Waals surface area contributed by atoms with Crippen molar-refractivity contribution < 1.29 is 0 Å². The predicted molar refractivity (Wildman–Crippen MR) is 71.8 cm³/mol. The third-order valence-electron chi connectivity index (χ3n) is 2.98. The zero-order valence-corrected chi connectivity index (χ0v) is 10.6. The molecule has 0 radical (unpaired) electrons. The quantitative estimate of drug-likeness (QED) is 0.630. The van der Waals surface area contributed by atoms with Crippen LogP contribution >= 0.6 is 11.8 Å². The highest BCUT2D eigenvalue weighted by atomic mass is 32.2. The smallest absolute Gasteiger partial charge is 0.0253 e. The molecule has 0 saturated heterocycles. The van der Waals surface area contributed by atoms with Gasteiger partial charge in [0.05, 0.1) is 0 Å². The van der Waals surface area contributed by atoms with Gasteiger partial charge in [-0.05, 0) is 43.2 Å². The molecule has 1 nitrogen and oxygen atoms in total. The summed E-state index contributed by atoms with van der Waals surface area (Å²) in [6.07, 6.45) is 10.6. The predicted octanol–water partition coefficient (Wildman–Crippen LogP) is 3.61. The summed E-state index contributed by atoms with van der Waals surface area (Å²) in [6.45, 7) is 0.976. The van der Waals surface area contributed by atoms with Crippen LogP contribution in [0.4, 0.5) is 0 Å². The summed E-state index contributed by atoms with van der Waals surface area (Å²) in [4.78, 5) is 1.33. The minimum Gasteiger partial charge on any atom is -0.306 e. The fraction of sp³-hybridized carbons (Fsp3) is 0.429. The molecule has 0 aromatic heterocycles. The first-order chi connectivity index (χ1) is 7.88. The molecule has 0 fully saturated rings. The van der Waals surface area contributed by atoms with Crippen LogP contribution in [-0.4, -0.2) is 12.3 Å². The Balaban J connectivity index is 1.84. The molecule has 1 N–H and O–H groups in total. The van der Waals surface area contributed by atoms with Crippen molar-refractivity contribution in [1.82, 2.24) is 5.32 Å². The Labute approximate surface area is 102 Å². The normalized spacial score (nSPS) is 19.9. The lowest BCUT2D eigenvalue weighted by Gasteiger charge is -2.18. The van der Waals surface area contributed by atoms with Crippen LogP contribution in [0.15, 0.2) is 41.3 Å². The van der Waals surface area contributed by atoms with Crippen LogP contribution in [0.2, 0.25) is 0 Å². The van der Waals surface area contributed by atoms with Crippen molar-refractivity contribution in [1.29, 1.82) is 0 Å². The van der Waals surface area contributed by atoms with E-state index in [0.717, 1.165) is 6.54 Å². The number of benzene rings is 1. The first-order valence-electron chi connectivity index (χ1n) is 5.91. The Morgan fingerprint density at radius 1 is 1.31 bits per heavy atom. The fourth-order valence-corrected chi connectivity index (χ4v) is 2.38. The second-order valence-corrected chi connectivity index (χ2v) is 5.07. The first-order valence-corrected chi connectivity index (χ1v) is 7.14.